The van der Waals surface area contributed by atoms with Crippen molar-refractivity contribution in [2.75, 3.05) is 73.0 Å². The number of hydrogen-bond acceptors (Lipinski definition) is 4. The highest BCUT2D eigenvalue weighted by molar-refractivity contribution is 7.98. The topological polar surface area (TPSA) is 36.9 Å². The van der Waals surface area contributed by atoms with Crippen molar-refractivity contribution >= 4 is 86.7 Å². The Morgan fingerprint density at radius 3 is 0.892 bits per heavy atom. The van der Waals surface area contributed by atoms with Crippen molar-refractivity contribution < 1.29 is 18.9 Å². The Morgan fingerprint density at radius 1 is 0.311 bits per heavy atom. The molecule has 388 valence electrons. The summed E-state index contributed by atoms with van der Waals surface area (Å²) in [5, 5.41) is 10.7. The molecule has 0 aromatic heterocycles. The molecule has 4 aliphatic heterocycles. The third-order valence-electron chi connectivity index (χ3n) is 14.5. The SMILES string of the molecule is CCCCOc1ccc([S+]2CCCC2)c2ccccc12.CCCOc1ccc([S+]2CCCC2)c2ccccc12.CCOc1ccc([S+]2CCCC2)c2ccccc12.COc1ccc([S+]2CCCC2)c2ccccc12. The van der Waals surface area contributed by atoms with Crippen molar-refractivity contribution in [3.05, 3.63) is 146 Å². The van der Waals surface area contributed by atoms with E-state index in [9.17, 15) is 0 Å². The van der Waals surface area contributed by atoms with Crippen LogP contribution in [0, 0.1) is 0 Å². The van der Waals surface area contributed by atoms with E-state index in [4.69, 9.17) is 18.9 Å². The molecule has 8 aromatic carbocycles. The highest BCUT2D eigenvalue weighted by Gasteiger charge is 2.32. The van der Waals surface area contributed by atoms with Gasteiger partial charge in [-0.25, -0.2) is 0 Å². The van der Waals surface area contributed by atoms with Crippen LogP contribution in [0.25, 0.3) is 43.1 Å². The lowest BCUT2D eigenvalue weighted by molar-refractivity contribution is 0.313. The highest BCUT2D eigenvalue weighted by Crippen LogP contribution is 2.39. The summed E-state index contributed by atoms with van der Waals surface area (Å²) in [4.78, 5) is 6.20. The van der Waals surface area contributed by atoms with Gasteiger partial charge in [-0.3, -0.25) is 0 Å². The summed E-state index contributed by atoms with van der Waals surface area (Å²) in [7, 11) is 3.61. The van der Waals surface area contributed by atoms with Crippen LogP contribution in [-0.2, 0) is 43.6 Å². The van der Waals surface area contributed by atoms with Crippen LogP contribution >= 0.6 is 0 Å². The number of fused-ring (bicyclic) bond motifs is 4. The van der Waals surface area contributed by atoms with Gasteiger partial charge in [0.05, 0.1) is 26.9 Å². The van der Waals surface area contributed by atoms with Crippen LogP contribution in [-0.4, -0.2) is 73.0 Å². The quantitative estimate of drug-likeness (QED) is 0.0803. The molecule has 8 heteroatoms. The smallest absolute Gasteiger partial charge is 0.162 e. The van der Waals surface area contributed by atoms with Gasteiger partial charge < -0.3 is 18.9 Å². The minimum absolute atomic E-state index is 0.464. The van der Waals surface area contributed by atoms with Crippen molar-refractivity contribution in [1.82, 2.24) is 0 Å². The van der Waals surface area contributed by atoms with E-state index in [2.05, 4.69) is 159 Å². The summed E-state index contributed by atoms with van der Waals surface area (Å²) in [6.45, 7) is 8.75. The Morgan fingerprint density at radius 2 is 0.595 bits per heavy atom. The van der Waals surface area contributed by atoms with Gasteiger partial charge in [-0.1, -0.05) is 93.1 Å². The largest absolute Gasteiger partial charge is 0.496 e. The van der Waals surface area contributed by atoms with Crippen molar-refractivity contribution in [2.45, 2.75) is 111 Å². The van der Waals surface area contributed by atoms with E-state index >= 15 is 0 Å². The van der Waals surface area contributed by atoms with Crippen molar-refractivity contribution in [1.29, 1.82) is 0 Å². The summed E-state index contributed by atoms with van der Waals surface area (Å²) in [6.07, 6.45) is 14.5. The molecule has 8 aromatic rings. The van der Waals surface area contributed by atoms with Crippen LogP contribution in [0.1, 0.15) is 91.4 Å². The lowest BCUT2D eigenvalue weighted by Crippen LogP contribution is -2.05. The van der Waals surface area contributed by atoms with Crippen LogP contribution in [0.15, 0.2) is 165 Å². The molecule has 12 rings (SSSR count). The molecule has 0 aliphatic carbocycles. The van der Waals surface area contributed by atoms with E-state index in [1.165, 1.54) is 147 Å². The van der Waals surface area contributed by atoms with E-state index in [1.807, 2.05) is 6.92 Å². The lowest BCUT2D eigenvalue weighted by atomic mass is 10.1. The Hall–Kier alpha value is -4.60. The number of hydrogen-bond donors (Lipinski definition) is 0. The average Bonchev–Trinajstić information content (AvgIpc) is 4.34. The first-order chi connectivity index (χ1) is 36.6. The van der Waals surface area contributed by atoms with E-state index in [0.717, 1.165) is 55.7 Å². The molecule has 0 amide bonds. The van der Waals surface area contributed by atoms with Gasteiger partial charge in [0.15, 0.2) is 19.6 Å². The van der Waals surface area contributed by atoms with Crippen LogP contribution in [0.2, 0.25) is 0 Å². The normalized spacial score (nSPS) is 16.2. The molecule has 4 aliphatic rings. The molecule has 0 atom stereocenters. The number of unbranched alkanes of at least 4 members (excludes halogenated alkanes) is 1. The zero-order valence-corrected chi connectivity index (χ0v) is 47.9. The van der Waals surface area contributed by atoms with Crippen LogP contribution in [0.5, 0.6) is 23.0 Å². The predicted molar refractivity (Wildman–Crippen MR) is 328 cm³/mol. The molecular formula is C66H80O4S4+4. The van der Waals surface area contributed by atoms with Gasteiger partial charge in [-0.05, 0) is 144 Å². The molecule has 4 nitrogen and oxygen atoms in total. The van der Waals surface area contributed by atoms with Gasteiger partial charge in [0.1, 0.15) is 69.0 Å². The highest BCUT2D eigenvalue weighted by atomic mass is 32.2. The minimum atomic E-state index is 0.464. The standard InChI is InChI=1S/C18H23OS.C17H21OS.C16H19OS.C15H17OS/c1-2-3-12-19-17-10-11-18(20-13-6-7-14-20)16-9-5-4-8-15(16)17;1-2-11-18-16-9-10-17(19-12-5-6-13-19)15-8-4-3-7-14(15)16;1-2-17-15-9-10-16(18-11-5-6-12-18)14-8-4-3-7-13(14)15;1-16-14-8-9-15(17-10-4-5-11-17)13-7-3-2-6-12(13)14/h4-5,8-11H,2-3,6-7,12-14H2,1H3;3-4,7-10H,2,5-6,11-13H2,1H3;3-4,7-10H,2,5-6,11-12H2,1H3;2-3,6-9H,4-5,10-11H2,1H3/q4*+1. The van der Waals surface area contributed by atoms with E-state index in [1.54, 1.807) is 26.7 Å². The summed E-state index contributed by atoms with van der Waals surface area (Å²) in [5.74, 6) is 15.1. The first-order valence-corrected chi connectivity index (χ1v) is 34.0. The average molecular weight is 1070 g/mol. The summed E-state index contributed by atoms with van der Waals surface area (Å²) in [6, 6.07) is 52.6. The van der Waals surface area contributed by atoms with Crippen LogP contribution in [0.3, 0.4) is 0 Å². The van der Waals surface area contributed by atoms with Gasteiger partial charge in [-0.15, -0.1) is 0 Å². The van der Waals surface area contributed by atoms with E-state index in [0.29, 0.717) is 43.6 Å². The maximum atomic E-state index is 5.98. The number of benzene rings is 8. The molecule has 74 heavy (non-hydrogen) atoms. The van der Waals surface area contributed by atoms with Crippen molar-refractivity contribution in [3.8, 4) is 23.0 Å². The number of rotatable bonds is 14. The molecule has 4 heterocycles. The van der Waals surface area contributed by atoms with E-state index < -0.39 is 0 Å². The molecule has 4 saturated heterocycles. The number of methoxy groups -OCH3 is 1. The van der Waals surface area contributed by atoms with E-state index in [-0.39, 0.29) is 0 Å². The molecule has 0 N–H and O–H groups in total. The van der Waals surface area contributed by atoms with Crippen molar-refractivity contribution in [2.24, 2.45) is 0 Å². The van der Waals surface area contributed by atoms with Crippen molar-refractivity contribution in [3.63, 3.8) is 0 Å². The van der Waals surface area contributed by atoms with Gasteiger partial charge >= 0.3 is 0 Å². The third kappa shape index (κ3) is 13.3. The first-order valence-electron chi connectivity index (χ1n) is 27.8. The fourth-order valence-electron chi connectivity index (χ4n) is 10.7. The van der Waals surface area contributed by atoms with Crippen LogP contribution < -0.4 is 18.9 Å². The Balaban J connectivity index is 0.000000121. The van der Waals surface area contributed by atoms with Gasteiger partial charge in [0, 0.05) is 86.7 Å². The fraction of sp³-hybridized carbons (Fsp3) is 0.394. The second-order valence-corrected chi connectivity index (χ2v) is 28.5. The molecule has 0 bridgehead atoms. The zero-order valence-electron chi connectivity index (χ0n) is 44.7. The summed E-state index contributed by atoms with van der Waals surface area (Å²) >= 11 is 0. The van der Waals surface area contributed by atoms with Gasteiger partial charge in [0.25, 0.3) is 0 Å². The monoisotopic (exact) mass is 1060 g/mol. The predicted octanol–water partition coefficient (Wildman–Crippen LogP) is 16.8. The van der Waals surface area contributed by atoms with Gasteiger partial charge in [0.2, 0.25) is 0 Å². The Kier molecular flexibility index (Phi) is 20.5. The summed E-state index contributed by atoms with van der Waals surface area (Å²) < 4.78 is 23.1. The molecule has 4 fully saturated rings. The van der Waals surface area contributed by atoms with Gasteiger partial charge in [-0.2, -0.15) is 0 Å². The lowest BCUT2D eigenvalue weighted by Gasteiger charge is -2.11. The van der Waals surface area contributed by atoms with Crippen LogP contribution in [0.4, 0.5) is 0 Å². The first kappa shape index (κ1) is 54.2. The Bertz CT molecular complexity index is 3020. The maximum absolute atomic E-state index is 5.98. The minimum Gasteiger partial charge on any atom is -0.496 e. The second-order valence-electron chi connectivity index (χ2n) is 19.5. The molecule has 0 spiro atoms. The number of ether oxygens (including phenoxy) is 4. The molecule has 0 unspecified atom stereocenters. The molecule has 0 radical (unpaired) electrons. The maximum Gasteiger partial charge on any atom is 0.162 e. The molecule has 0 saturated carbocycles. The zero-order chi connectivity index (χ0) is 50.9. The fourth-order valence-corrected chi connectivity index (χ4v) is 20.7. The third-order valence-corrected chi connectivity index (χ3v) is 24.6. The second kappa shape index (κ2) is 28.0. The summed E-state index contributed by atoms with van der Waals surface area (Å²) in [5.41, 5.74) is 0. The molecular weight excluding hydrogens is 985 g/mol. The Labute approximate surface area is 455 Å².